The van der Waals surface area contributed by atoms with Crippen molar-refractivity contribution in [2.75, 3.05) is 35.5 Å². The second-order valence-corrected chi connectivity index (χ2v) is 11.8. The minimum Gasteiger partial charge on any atom is -0.497 e. The van der Waals surface area contributed by atoms with E-state index in [4.69, 9.17) is 37.3 Å². The van der Waals surface area contributed by atoms with E-state index in [-0.39, 0.29) is 5.43 Å². The summed E-state index contributed by atoms with van der Waals surface area (Å²) in [6.45, 7) is 3.90. The summed E-state index contributed by atoms with van der Waals surface area (Å²) in [7, 11) is 7.85. The average Bonchev–Trinajstić information content (AvgIpc) is 3.13. The minimum absolute atomic E-state index is 0.0864. The quantitative estimate of drug-likeness (QED) is 0.153. The molecule has 50 heavy (non-hydrogen) atoms. The molecule has 6 aromatic rings. The van der Waals surface area contributed by atoms with E-state index in [0.717, 1.165) is 11.1 Å². The van der Waals surface area contributed by atoms with E-state index in [2.05, 4.69) is 0 Å². The lowest BCUT2D eigenvalue weighted by atomic mass is 9.98. The summed E-state index contributed by atoms with van der Waals surface area (Å²) in [4.78, 5) is 25.1. The highest BCUT2D eigenvalue weighted by atomic mass is 16.5. The molecule has 1 aliphatic rings. The molecule has 0 N–H and O–H groups in total. The number of benzene rings is 4. The Morgan fingerprint density at radius 3 is 1.98 bits per heavy atom. The van der Waals surface area contributed by atoms with Gasteiger partial charge in [-0.1, -0.05) is 24.3 Å². The SMILES string of the molecule is COc1ccc(-c2c(OC)c3c(OC)c4c(cc3oc2=O)OC(C)(C)C=C4)cc1.COc1cccc(-c2cc(=O)c3ccc(OC)cc3o2)c1. The molecule has 0 atom stereocenters. The number of methoxy groups -OCH3 is 5. The van der Waals surface area contributed by atoms with Gasteiger partial charge in [-0.3, -0.25) is 4.79 Å². The highest BCUT2D eigenvalue weighted by Gasteiger charge is 2.29. The third-order valence-electron chi connectivity index (χ3n) is 8.21. The smallest absolute Gasteiger partial charge is 0.347 e. The van der Waals surface area contributed by atoms with Crippen LogP contribution in [0.25, 0.3) is 50.5 Å². The van der Waals surface area contributed by atoms with Crippen LogP contribution in [0, 0.1) is 0 Å². The molecule has 10 nitrogen and oxygen atoms in total. The summed E-state index contributed by atoms with van der Waals surface area (Å²) in [5.74, 6) is 4.05. The lowest BCUT2D eigenvalue weighted by molar-refractivity contribution is 0.158. The van der Waals surface area contributed by atoms with Crippen molar-refractivity contribution in [3.8, 4) is 56.9 Å². The van der Waals surface area contributed by atoms with Gasteiger partial charge in [0, 0.05) is 23.8 Å². The summed E-state index contributed by atoms with van der Waals surface area (Å²) in [6.07, 6.45) is 3.91. The van der Waals surface area contributed by atoms with Gasteiger partial charge in [-0.15, -0.1) is 0 Å². The van der Waals surface area contributed by atoms with Crippen molar-refractivity contribution >= 4 is 28.0 Å². The summed E-state index contributed by atoms with van der Waals surface area (Å²) < 4.78 is 44.5. The van der Waals surface area contributed by atoms with Crippen LogP contribution in [0.3, 0.4) is 0 Å². The third-order valence-corrected chi connectivity index (χ3v) is 8.21. The second-order valence-electron chi connectivity index (χ2n) is 11.8. The van der Waals surface area contributed by atoms with Gasteiger partial charge in [0.2, 0.25) is 0 Å². The first-order chi connectivity index (χ1) is 24.1. The van der Waals surface area contributed by atoms with Gasteiger partial charge in [0.1, 0.15) is 68.0 Å². The molecule has 256 valence electrons. The average molecular weight is 677 g/mol. The lowest BCUT2D eigenvalue weighted by Crippen LogP contribution is -2.27. The normalized spacial score (nSPS) is 12.7. The van der Waals surface area contributed by atoms with Crippen LogP contribution in [0.5, 0.6) is 34.5 Å². The van der Waals surface area contributed by atoms with E-state index >= 15 is 0 Å². The number of hydrogen-bond donors (Lipinski definition) is 0. The number of ether oxygens (including phenoxy) is 6. The molecule has 10 heteroatoms. The zero-order valence-electron chi connectivity index (χ0n) is 28.7. The number of hydrogen-bond acceptors (Lipinski definition) is 10. The van der Waals surface area contributed by atoms with Crippen LogP contribution in [0.1, 0.15) is 19.4 Å². The highest BCUT2D eigenvalue weighted by molar-refractivity contribution is 5.99. The van der Waals surface area contributed by atoms with Crippen LogP contribution >= 0.6 is 0 Å². The monoisotopic (exact) mass is 676 g/mol. The van der Waals surface area contributed by atoms with Crippen molar-refractivity contribution in [2.45, 2.75) is 19.4 Å². The molecule has 0 unspecified atom stereocenters. The highest BCUT2D eigenvalue weighted by Crippen LogP contribution is 2.47. The molecule has 0 saturated carbocycles. The van der Waals surface area contributed by atoms with Crippen molar-refractivity contribution in [1.82, 2.24) is 0 Å². The fourth-order valence-electron chi connectivity index (χ4n) is 5.74. The van der Waals surface area contributed by atoms with Crippen LogP contribution in [0.2, 0.25) is 0 Å². The fourth-order valence-corrected chi connectivity index (χ4v) is 5.74. The Morgan fingerprint density at radius 1 is 0.620 bits per heavy atom. The Hall–Kier alpha value is -6.16. The van der Waals surface area contributed by atoms with Crippen LogP contribution in [0.4, 0.5) is 0 Å². The van der Waals surface area contributed by atoms with E-state index in [9.17, 15) is 9.59 Å². The van der Waals surface area contributed by atoms with Crippen LogP contribution in [0.15, 0.2) is 103 Å². The predicted octanol–water partition coefficient (Wildman–Crippen LogP) is 8.15. The first kappa shape index (κ1) is 33.7. The predicted molar refractivity (Wildman–Crippen MR) is 192 cm³/mol. The van der Waals surface area contributed by atoms with Crippen molar-refractivity contribution in [2.24, 2.45) is 0 Å². The lowest BCUT2D eigenvalue weighted by Gasteiger charge is -2.29. The van der Waals surface area contributed by atoms with E-state index in [0.29, 0.717) is 73.3 Å². The first-order valence-electron chi connectivity index (χ1n) is 15.6. The molecule has 3 heterocycles. The molecule has 4 aromatic carbocycles. The maximum atomic E-state index is 12.9. The number of rotatable bonds is 7. The molecule has 0 fully saturated rings. The minimum atomic E-state index is -0.507. The molecule has 0 saturated heterocycles. The number of fused-ring (bicyclic) bond motifs is 3. The molecule has 0 radical (unpaired) electrons. The summed E-state index contributed by atoms with van der Waals surface area (Å²) in [6, 6.07) is 22.9. The Bertz CT molecular complexity index is 2350. The maximum absolute atomic E-state index is 12.9. The molecule has 0 bridgehead atoms. The molecule has 1 aliphatic heterocycles. The molecule has 2 aromatic heterocycles. The summed E-state index contributed by atoms with van der Waals surface area (Å²) >= 11 is 0. The van der Waals surface area contributed by atoms with Crippen molar-refractivity contribution in [1.29, 1.82) is 0 Å². The Labute approximate surface area is 288 Å². The van der Waals surface area contributed by atoms with Gasteiger partial charge in [-0.2, -0.15) is 0 Å². The van der Waals surface area contributed by atoms with Crippen LogP contribution in [-0.2, 0) is 0 Å². The van der Waals surface area contributed by atoms with Crippen LogP contribution in [-0.4, -0.2) is 41.2 Å². The molecule has 7 rings (SSSR count). The second kappa shape index (κ2) is 13.8. The van der Waals surface area contributed by atoms with Crippen molar-refractivity contribution < 1.29 is 37.3 Å². The summed E-state index contributed by atoms with van der Waals surface area (Å²) in [5.41, 5.74) is 2.31. The van der Waals surface area contributed by atoms with Gasteiger partial charge < -0.3 is 37.3 Å². The topological polar surface area (TPSA) is 116 Å². The third kappa shape index (κ3) is 6.47. The zero-order valence-corrected chi connectivity index (χ0v) is 28.7. The van der Waals surface area contributed by atoms with Crippen molar-refractivity contribution in [3.05, 3.63) is 111 Å². The maximum Gasteiger partial charge on any atom is 0.347 e. The largest absolute Gasteiger partial charge is 0.497 e. The molecule has 0 spiro atoms. The zero-order chi connectivity index (χ0) is 35.6. The van der Waals surface area contributed by atoms with E-state index in [1.165, 1.54) is 13.2 Å². The van der Waals surface area contributed by atoms with E-state index in [1.54, 1.807) is 77.0 Å². The fraction of sp³-hybridized carbons (Fsp3) is 0.200. The first-order valence-corrected chi connectivity index (χ1v) is 15.6. The Morgan fingerprint density at radius 2 is 1.30 bits per heavy atom. The Kier molecular flexibility index (Phi) is 9.28. The molecular formula is C40H36O10. The van der Waals surface area contributed by atoms with E-state index in [1.807, 2.05) is 50.3 Å². The van der Waals surface area contributed by atoms with Crippen molar-refractivity contribution in [3.63, 3.8) is 0 Å². The van der Waals surface area contributed by atoms with Crippen LogP contribution < -0.4 is 39.5 Å². The molecular weight excluding hydrogens is 640 g/mol. The van der Waals surface area contributed by atoms with Gasteiger partial charge in [-0.05, 0) is 68.0 Å². The van der Waals surface area contributed by atoms with Gasteiger partial charge in [0.25, 0.3) is 0 Å². The summed E-state index contributed by atoms with van der Waals surface area (Å²) in [5, 5.41) is 1.11. The van der Waals surface area contributed by atoms with Gasteiger partial charge in [0.15, 0.2) is 5.43 Å². The standard InChI is InChI=1S/C23H22O6.C17H14O4/c1-23(2)11-10-15-16(29-23)12-17-19(20(15)26-4)21(27-5)18(22(24)28-17)13-6-8-14(25-3)9-7-13;1-19-12-5-3-4-11(8-12)16-10-15(18)14-7-6-13(20-2)9-17(14)21-16/h6-12H,1-5H3;3-10H,1-2H3. The van der Waals surface area contributed by atoms with Gasteiger partial charge in [-0.25, -0.2) is 4.79 Å². The van der Waals surface area contributed by atoms with E-state index < -0.39 is 11.2 Å². The molecule has 0 amide bonds. The Balaban J connectivity index is 0.000000182. The van der Waals surface area contributed by atoms with Gasteiger partial charge >= 0.3 is 5.63 Å². The van der Waals surface area contributed by atoms with Gasteiger partial charge in [0.05, 0.1) is 46.5 Å². The molecule has 0 aliphatic carbocycles.